The van der Waals surface area contributed by atoms with Gasteiger partial charge in [-0.25, -0.2) is 0 Å². The van der Waals surface area contributed by atoms with E-state index in [1.54, 1.807) is 30.3 Å². The fraction of sp³-hybridized carbons (Fsp3) is 0.188. The van der Waals surface area contributed by atoms with E-state index in [0.29, 0.717) is 0 Å². The van der Waals surface area contributed by atoms with Crippen LogP contribution in [0.2, 0.25) is 0 Å². The molecule has 0 fully saturated rings. The number of Topliss-reactive ketones (excluding diaryl/α,β-unsaturated/α-hetero) is 1. The standard InChI is InChI=1S/C16H13F3O2/c1-21-15-8-7-12(16(17,18)19)10-13(15)14(20)9-11-5-3-2-4-6-11/h2-8,10H,9H2,1H3. The molecule has 2 nitrogen and oxygen atoms in total. The maximum atomic E-state index is 12.7. The topological polar surface area (TPSA) is 26.3 Å². The maximum Gasteiger partial charge on any atom is 0.416 e. The Morgan fingerprint density at radius 3 is 2.33 bits per heavy atom. The lowest BCUT2D eigenvalue weighted by molar-refractivity contribution is -0.137. The Morgan fingerprint density at radius 2 is 1.76 bits per heavy atom. The number of ether oxygens (including phenoxy) is 1. The molecule has 0 aliphatic heterocycles. The van der Waals surface area contributed by atoms with Crippen LogP contribution in [-0.4, -0.2) is 12.9 Å². The third-order valence-corrected chi connectivity index (χ3v) is 3.03. The summed E-state index contributed by atoms with van der Waals surface area (Å²) in [5, 5.41) is 0. The molecule has 0 heterocycles. The third-order valence-electron chi connectivity index (χ3n) is 3.03. The summed E-state index contributed by atoms with van der Waals surface area (Å²) >= 11 is 0. The van der Waals surface area contributed by atoms with E-state index in [0.717, 1.165) is 17.7 Å². The molecule has 0 bridgehead atoms. The molecule has 2 aromatic carbocycles. The van der Waals surface area contributed by atoms with Gasteiger partial charge in [0, 0.05) is 6.42 Å². The summed E-state index contributed by atoms with van der Waals surface area (Å²) in [7, 11) is 1.32. The van der Waals surface area contributed by atoms with Crippen LogP contribution in [0.1, 0.15) is 21.5 Å². The minimum Gasteiger partial charge on any atom is -0.496 e. The van der Waals surface area contributed by atoms with Crippen LogP contribution in [0, 0.1) is 0 Å². The zero-order valence-corrected chi connectivity index (χ0v) is 11.3. The van der Waals surface area contributed by atoms with E-state index in [1.807, 2.05) is 0 Å². The summed E-state index contributed by atoms with van der Waals surface area (Å²) in [6.07, 6.45) is -4.47. The van der Waals surface area contributed by atoms with Gasteiger partial charge in [0.2, 0.25) is 0 Å². The van der Waals surface area contributed by atoms with Gasteiger partial charge in [-0.1, -0.05) is 30.3 Å². The number of ketones is 1. The number of hydrogen-bond acceptors (Lipinski definition) is 2. The van der Waals surface area contributed by atoms with Crippen LogP contribution < -0.4 is 4.74 Å². The summed E-state index contributed by atoms with van der Waals surface area (Å²) < 4.78 is 43.2. The van der Waals surface area contributed by atoms with Crippen molar-refractivity contribution in [2.45, 2.75) is 12.6 Å². The number of halogens is 3. The number of benzene rings is 2. The molecule has 2 aromatic rings. The predicted molar refractivity (Wildman–Crippen MR) is 72.5 cm³/mol. The van der Waals surface area contributed by atoms with E-state index < -0.39 is 17.5 Å². The van der Waals surface area contributed by atoms with Gasteiger partial charge in [-0.15, -0.1) is 0 Å². The van der Waals surface area contributed by atoms with Crippen molar-refractivity contribution in [1.82, 2.24) is 0 Å². The zero-order chi connectivity index (χ0) is 15.5. The van der Waals surface area contributed by atoms with Gasteiger partial charge in [-0.05, 0) is 23.8 Å². The van der Waals surface area contributed by atoms with Crippen molar-refractivity contribution < 1.29 is 22.7 Å². The van der Waals surface area contributed by atoms with Crippen LogP contribution in [0.25, 0.3) is 0 Å². The van der Waals surface area contributed by atoms with Crippen molar-refractivity contribution in [3.63, 3.8) is 0 Å². The zero-order valence-electron chi connectivity index (χ0n) is 11.3. The van der Waals surface area contributed by atoms with Gasteiger partial charge < -0.3 is 4.74 Å². The summed E-state index contributed by atoms with van der Waals surface area (Å²) in [5.41, 5.74) is -0.183. The van der Waals surface area contributed by atoms with Crippen molar-refractivity contribution in [2.24, 2.45) is 0 Å². The molecule has 2 rings (SSSR count). The molecular weight excluding hydrogens is 281 g/mol. The summed E-state index contributed by atoms with van der Waals surface area (Å²) in [6.45, 7) is 0. The maximum absolute atomic E-state index is 12.7. The minimum atomic E-state index is -4.49. The van der Waals surface area contributed by atoms with Gasteiger partial charge in [-0.2, -0.15) is 13.2 Å². The fourth-order valence-electron chi connectivity index (χ4n) is 1.98. The molecule has 0 spiro atoms. The molecule has 21 heavy (non-hydrogen) atoms. The molecule has 0 saturated carbocycles. The SMILES string of the molecule is COc1ccc(C(F)(F)F)cc1C(=O)Cc1ccccc1. The highest BCUT2D eigenvalue weighted by Gasteiger charge is 2.31. The molecule has 0 aromatic heterocycles. The summed E-state index contributed by atoms with van der Waals surface area (Å²) in [6, 6.07) is 11.7. The Kier molecular flexibility index (Phi) is 4.31. The molecule has 0 saturated heterocycles. The highest BCUT2D eigenvalue weighted by molar-refractivity contribution is 6.00. The second kappa shape index (κ2) is 5.99. The van der Waals surface area contributed by atoms with Crippen molar-refractivity contribution in [3.8, 4) is 5.75 Å². The number of methoxy groups -OCH3 is 1. The lowest BCUT2D eigenvalue weighted by Gasteiger charge is -2.12. The van der Waals surface area contributed by atoms with Gasteiger partial charge in [0.25, 0.3) is 0 Å². The molecule has 0 amide bonds. The Bertz CT molecular complexity index is 634. The minimum absolute atomic E-state index is 0.0263. The van der Waals surface area contributed by atoms with Gasteiger partial charge >= 0.3 is 6.18 Å². The average molecular weight is 294 g/mol. The second-order valence-corrected chi connectivity index (χ2v) is 4.50. The van der Waals surface area contributed by atoms with E-state index in [4.69, 9.17) is 4.74 Å². The molecule has 5 heteroatoms. The normalized spacial score (nSPS) is 11.2. The molecule has 0 aliphatic rings. The lowest BCUT2D eigenvalue weighted by atomic mass is 10.00. The van der Waals surface area contributed by atoms with Crippen LogP contribution >= 0.6 is 0 Å². The molecule has 0 N–H and O–H groups in total. The first-order valence-corrected chi connectivity index (χ1v) is 6.24. The molecule has 110 valence electrons. The summed E-state index contributed by atoms with van der Waals surface area (Å²) in [4.78, 5) is 12.2. The molecule has 0 atom stereocenters. The van der Waals surface area contributed by atoms with Crippen molar-refractivity contribution in [2.75, 3.05) is 7.11 Å². The number of alkyl halides is 3. The summed E-state index contributed by atoms with van der Waals surface area (Å²) in [5.74, 6) is -0.270. The largest absolute Gasteiger partial charge is 0.496 e. The molecular formula is C16H13F3O2. The highest BCUT2D eigenvalue weighted by Crippen LogP contribution is 2.33. The van der Waals surface area contributed by atoms with Gasteiger partial charge in [-0.3, -0.25) is 4.79 Å². The number of rotatable bonds is 4. The van der Waals surface area contributed by atoms with Crippen LogP contribution in [0.3, 0.4) is 0 Å². The van der Waals surface area contributed by atoms with Crippen molar-refractivity contribution in [1.29, 1.82) is 0 Å². The quantitative estimate of drug-likeness (QED) is 0.792. The van der Waals surface area contributed by atoms with Crippen molar-refractivity contribution >= 4 is 5.78 Å². The van der Waals surface area contributed by atoms with E-state index in [-0.39, 0.29) is 17.7 Å². The van der Waals surface area contributed by atoms with E-state index in [2.05, 4.69) is 0 Å². The molecule has 0 unspecified atom stereocenters. The van der Waals surface area contributed by atoms with Crippen molar-refractivity contribution in [3.05, 3.63) is 65.2 Å². The van der Waals surface area contributed by atoms with Crippen LogP contribution in [0.4, 0.5) is 13.2 Å². The monoisotopic (exact) mass is 294 g/mol. The highest BCUT2D eigenvalue weighted by atomic mass is 19.4. The van der Waals surface area contributed by atoms with Gasteiger partial charge in [0.1, 0.15) is 5.75 Å². The Morgan fingerprint density at radius 1 is 1.10 bits per heavy atom. The van der Waals surface area contributed by atoms with Gasteiger partial charge in [0.05, 0.1) is 18.2 Å². The first-order valence-electron chi connectivity index (χ1n) is 6.24. The second-order valence-electron chi connectivity index (χ2n) is 4.50. The van der Waals surface area contributed by atoms with Crippen LogP contribution in [0.5, 0.6) is 5.75 Å². The number of hydrogen-bond donors (Lipinski definition) is 0. The Balaban J connectivity index is 2.34. The van der Waals surface area contributed by atoms with E-state index in [9.17, 15) is 18.0 Å². The van der Waals surface area contributed by atoms with Gasteiger partial charge in [0.15, 0.2) is 5.78 Å². The third kappa shape index (κ3) is 3.62. The first-order chi connectivity index (χ1) is 9.91. The van der Waals surface area contributed by atoms with E-state index >= 15 is 0 Å². The predicted octanol–water partition coefficient (Wildman–Crippen LogP) is 4.14. The lowest BCUT2D eigenvalue weighted by Crippen LogP contribution is -2.10. The molecule has 0 aliphatic carbocycles. The molecule has 0 radical (unpaired) electrons. The number of carbonyl (C=O) groups is 1. The number of carbonyl (C=O) groups excluding carboxylic acids is 1. The smallest absolute Gasteiger partial charge is 0.416 e. The fourth-order valence-corrected chi connectivity index (χ4v) is 1.98. The van der Waals surface area contributed by atoms with Crippen LogP contribution in [0.15, 0.2) is 48.5 Å². The first kappa shape index (κ1) is 15.1. The Hall–Kier alpha value is -2.30. The van der Waals surface area contributed by atoms with E-state index in [1.165, 1.54) is 13.2 Å². The Labute approximate surface area is 120 Å². The average Bonchev–Trinajstić information content (AvgIpc) is 2.46. The van der Waals surface area contributed by atoms with Crippen LogP contribution in [-0.2, 0) is 12.6 Å².